The number of rotatable bonds is 10. The molecule has 0 spiro atoms. The van der Waals surface area contributed by atoms with Crippen LogP contribution in [0.4, 0.5) is 0 Å². The maximum absolute atomic E-state index is 13.4. The summed E-state index contributed by atoms with van der Waals surface area (Å²) in [5.41, 5.74) is 1.95. The van der Waals surface area contributed by atoms with E-state index in [1.54, 1.807) is 25.3 Å². The van der Waals surface area contributed by atoms with Gasteiger partial charge in [-0.1, -0.05) is 61.5 Å². The van der Waals surface area contributed by atoms with Gasteiger partial charge in [-0.05, 0) is 30.5 Å². The fourth-order valence-electron chi connectivity index (χ4n) is 3.50. The van der Waals surface area contributed by atoms with E-state index in [0.717, 1.165) is 5.56 Å². The van der Waals surface area contributed by atoms with Crippen LogP contribution in [0.3, 0.4) is 0 Å². The number of hydrogen-bond acceptors (Lipinski definition) is 7. The van der Waals surface area contributed by atoms with Crippen molar-refractivity contribution in [2.45, 2.75) is 44.2 Å². The van der Waals surface area contributed by atoms with Crippen LogP contribution in [0.2, 0.25) is 0 Å². The Kier molecular flexibility index (Phi) is 8.36. The van der Waals surface area contributed by atoms with Crippen molar-refractivity contribution in [3.63, 3.8) is 0 Å². The third-order valence-corrected chi connectivity index (χ3v) is 6.32. The van der Waals surface area contributed by atoms with E-state index in [1.165, 1.54) is 16.8 Å². The van der Waals surface area contributed by atoms with Crippen molar-refractivity contribution in [3.8, 4) is 11.3 Å². The zero-order chi connectivity index (χ0) is 25.6. The van der Waals surface area contributed by atoms with Gasteiger partial charge in [-0.2, -0.15) is 0 Å². The molecule has 0 bridgehead atoms. The van der Waals surface area contributed by atoms with Crippen molar-refractivity contribution in [1.29, 1.82) is 0 Å². The molecule has 0 aliphatic carbocycles. The first-order chi connectivity index (χ1) is 16.6. The fraction of sp³-hybridized carbons (Fsp3) is 0.333. The normalized spacial score (nSPS) is 13.3. The first kappa shape index (κ1) is 26.0. The zero-order valence-electron chi connectivity index (χ0n) is 19.8. The molecule has 3 rings (SSSR count). The van der Waals surface area contributed by atoms with Crippen molar-refractivity contribution in [2.75, 3.05) is 6.61 Å². The molecule has 1 heterocycles. The molecule has 2 aromatic carbocycles. The number of primary sulfonamides is 1. The highest BCUT2D eigenvalue weighted by Crippen LogP contribution is 2.22. The van der Waals surface area contributed by atoms with Crippen LogP contribution in [-0.2, 0) is 30.8 Å². The first-order valence-corrected chi connectivity index (χ1v) is 12.7. The van der Waals surface area contributed by atoms with Gasteiger partial charge < -0.3 is 10.1 Å². The summed E-state index contributed by atoms with van der Waals surface area (Å²) < 4.78 is 29.6. The molecule has 0 aliphatic heterocycles. The fourth-order valence-corrected chi connectivity index (χ4v) is 4.02. The van der Waals surface area contributed by atoms with Crippen LogP contribution in [0.5, 0.6) is 0 Å². The van der Waals surface area contributed by atoms with Crippen LogP contribution >= 0.6 is 0 Å². The van der Waals surface area contributed by atoms with Crippen LogP contribution in [0.25, 0.3) is 11.3 Å². The lowest BCUT2D eigenvalue weighted by molar-refractivity contribution is -0.149. The monoisotopic (exact) mass is 499 g/mol. The summed E-state index contributed by atoms with van der Waals surface area (Å²) >= 11 is 0. The molecule has 0 fully saturated rings. The molecule has 0 aliphatic rings. The van der Waals surface area contributed by atoms with Gasteiger partial charge in [0.25, 0.3) is 0 Å². The molecule has 3 N–H and O–H groups in total. The maximum Gasteiger partial charge on any atom is 0.328 e. The Balaban J connectivity index is 1.91. The van der Waals surface area contributed by atoms with Crippen molar-refractivity contribution in [2.24, 2.45) is 11.1 Å². The number of carbonyl (C=O) groups is 2. The van der Waals surface area contributed by atoms with Gasteiger partial charge in [0.2, 0.25) is 15.9 Å². The number of sulfonamides is 1. The van der Waals surface area contributed by atoms with E-state index < -0.39 is 34.0 Å². The van der Waals surface area contributed by atoms with Gasteiger partial charge in [0.15, 0.2) is 0 Å². The van der Waals surface area contributed by atoms with E-state index in [-0.39, 0.29) is 17.4 Å². The second-order valence-electron chi connectivity index (χ2n) is 8.34. The molecule has 11 heteroatoms. The van der Waals surface area contributed by atoms with Crippen LogP contribution in [0, 0.1) is 5.92 Å². The summed E-state index contributed by atoms with van der Waals surface area (Å²) in [6, 6.07) is 13.7. The van der Waals surface area contributed by atoms with E-state index in [1.807, 2.05) is 44.2 Å². The third-order valence-electron chi connectivity index (χ3n) is 5.39. The molecule has 0 radical (unpaired) electrons. The minimum absolute atomic E-state index is 0.0198. The van der Waals surface area contributed by atoms with Gasteiger partial charge in [-0.3, -0.25) is 4.79 Å². The number of nitrogens with one attached hydrogen (secondary N) is 1. The molecule has 1 aromatic heterocycles. The number of nitrogens with two attached hydrogens (primary N) is 1. The Morgan fingerprint density at radius 3 is 2.31 bits per heavy atom. The number of carbonyl (C=O) groups excluding carboxylic acids is 2. The summed E-state index contributed by atoms with van der Waals surface area (Å²) in [7, 11) is -3.82. The Morgan fingerprint density at radius 1 is 1.09 bits per heavy atom. The standard InChI is InChI=1S/C24H29N5O5S/c1-4-34-24(31)22(16(2)3)26-23(30)21(14-17-8-6-5-7-9-17)29-15-20(27-28-29)18-10-12-19(13-11-18)35(25,32)33/h5-13,15-16,21-22H,4,14H2,1-3H3,(H,26,30)(H2,25,32,33)/t21-,22-/m0/s1. The first-order valence-electron chi connectivity index (χ1n) is 11.2. The number of nitrogens with zero attached hydrogens (tertiary/aromatic N) is 3. The minimum Gasteiger partial charge on any atom is -0.464 e. The summed E-state index contributed by atoms with van der Waals surface area (Å²) in [4.78, 5) is 25.8. The lowest BCUT2D eigenvalue weighted by Gasteiger charge is -2.24. The Morgan fingerprint density at radius 2 is 1.74 bits per heavy atom. The van der Waals surface area contributed by atoms with E-state index >= 15 is 0 Å². The Bertz CT molecular complexity index is 1260. The van der Waals surface area contributed by atoms with Crippen LogP contribution in [0.15, 0.2) is 65.7 Å². The van der Waals surface area contributed by atoms with Crippen LogP contribution in [0.1, 0.15) is 32.4 Å². The van der Waals surface area contributed by atoms with Crippen LogP contribution < -0.4 is 10.5 Å². The number of esters is 1. The highest BCUT2D eigenvalue weighted by atomic mass is 32.2. The largest absolute Gasteiger partial charge is 0.464 e. The van der Waals surface area contributed by atoms with Crippen molar-refractivity contribution < 1.29 is 22.7 Å². The summed E-state index contributed by atoms with van der Waals surface area (Å²) in [5.74, 6) is -1.08. The molecule has 35 heavy (non-hydrogen) atoms. The quantitative estimate of drug-likeness (QED) is 0.406. The number of ether oxygens (including phenoxy) is 1. The molecule has 2 atom stereocenters. The van der Waals surface area contributed by atoms with Gasteiger partial charge in [0.05, 0.1) is 17.7 Å². The molecule has 3 aromatic rings. The van der Waals surface area contributed by atoms with Gasteiger partial charge in [0, 0.05) is 12.0 Å². The summed E-state index contributed by atoms with van der Waals surface area (Å²) in [6.07, 6.45) is 1.92. The van der Waals surface area contributed by atoms with E-state index in [2.05, 4.69) is 15.6 Å². The predicted molar refractivity (Wildman–Crippen MR) is 129 cm³/mol. The molecular weight excluding hydrogens is 470 g/mol. The van der Waals surface area contributed by atoms with Gasteiger partial charge in [0.1, 0.15) is 17.8 Å². The number of benzene rings is 2. The van der Waals surface area contributed by atoms with Gasteiger partial charge in [-0.15, -0.1) is 5.10 Å². The lowest BCUT2D eigenvalue weighted by Crippen LogP contribution is -2.48. The molecule has 0 unspecified atom stereocenters. The average Bonchev–Trinajstić information content (AvgIpc) is 3.31. The molecule has 1 amide bonds. The number of aromatic nitrogens is 3. The topological polar surface area (TPSA) is 146 Å². The molecule has 10 nitrogen and oxygen atoms in total. The van der Waals surface area contributed by atoms with E-state index in [4.69, 9.17) is 9.88 Å². The predicted octanol–water partition coefficient (Wildman–Crippen LogP) is 2.08. The Labute approximate surface area is 204 Å². The van der Waals surface area contributed by atoms with E-state index in [9.17, 15) is 18.0 Å². The summed E-state index contributed by atoms with van der Waals surface area (Å²) in [6.45, 7) is 5.57. The molecular formula is C24H29N5O5S. The molecule has 0 saturated carbocycles. The second kappa shape index (κ2) is 11.2. The zero-order valence-corrected chi connectivity index (χ0v) is 20.6. The summed E-state index contributed by atoms with van der Waals surface area (Å²) in [5, 5.41) is 16.3. The van der Waals surface area contributed by atoms with Crippen molar-refractivity contribution in [3.05, 3.63) is 66.4 Å². The average molecular weight is 500 g/mol. The Hall–Kier alpha value is -3.57. The number of amides is 1. The third kappa shape index (κ3) is 6.74. The second-order valence-corrected chi connectivity index (χ2v) is 9.90. The smallest absolute Gasteiger partial charge is 0.328 e. The van der Waals surface area contributed by atoms with Crippen molar-refractivity contribution >= 4 is 21.9 Å². The van der Waals surface area contributed by atoms with Gasteiger partial charge >= 0.3 is 5.97 Å². The molecule has 186 valence electrons. The maximum atomic E-state index is 13.4. The SMILES string of the molecule is CCOC(=O)[C@@H](NC(=O)[C@H](Cc1ccccc1)n1cc(-c2ccc(S(N)(=O)=O)cc2)nn1)C(C)C. The van der Waals surface area contributed by atoms with Gasteiger partial charge in [-0.25, -0.2) is 23.0 Å². The molecule has 0 saturated heterocycles. The highest BCUT2D eigenvalue weighted by Gasteiger charge is 2.30. The highest BCUT2D eigenvalue weighted by molar-refractivity contribution is 7.89. The van der Waals surface area contributed by atoms with E-state index in [0.29, 0.717) is 17.7 Å². The van der Waals surface area contributed by atoms with Crippen LogP contribution in [-0.4, -0.2) is 47.9 Å². The van der Waals surface area contributed by atoms with Crippen molar-refractivity contribution in [1.82, 2.24) is 20.3 Å². The minimum atomic E-state index is -3.82. The number of hydrogen-bond donors (Lipinski definition) is 2. The lowest BCUT2D eigenvalue weighted by atomic mass is 10.0.